The van der Waals surface area contributed by atoms with Crippen molar-refractivity contribution in [3.8, 4) is 0 Å². The Morgan fingerprint density at radius 1 is 1.10 bits per heavy atom. The van der Waals surface area contributed by atoms with Gasteiger partial charge in [0.2, 0.25) is 0 Å². The van der Waals surface area contributed by atoms with Gasteiger partial charge in [-0.05, 0) is 83.7 Å². The molecule has 0 saturated carbocycles. The van der Waals surface area contributed by atoms with E-state index in [-0.39, 0.29) is 0 Å². The van der Waals surface area contributed by atoms with Crippen molar-refractivity contribution >= 4 is 0 Å². The minimum absolute atomic E-state index is 0.852. The van der Waals surface area contributed by atoms with Gasteiger partial charge >= 0.3 is 0 Å². The van der Waals surface area contributed by atoms with Crippen molar-refractivity contribution in [3.05, 3.63) is 0 Å². The van der Waals surface area contributed by atoms with E-state index in [9.17, 15) is 0 Å². The Morgan fingerprint density at radius 2 is 1.90 bits per heavy atom. The molecule has 2 heterocycles. The van der Waals surface area contributed by atoms with E-state index in [0.29, 0.717) is 0 Å². The molecule has 3 nitrogen and oxygen atoms in total. The third-order valence-corrected chi connectivity index (χ3v) is 5.02. The summed E-state index contributed by atoms with van der Waals surface area (Å²) in [6, 6.07) is 0.852. The second-order valence-electron chi connectivity index (χ2n) is 6.78. The standard InChI is InChI=1S/C17H35N3/c1-3-10-19-12-7-17(8-13-19)20(11-4-2)15-16-6-5-9-18-14-16/h16-18H,3-15H2,1-2H3. The lowest BCUT2D eigenvalue weighted by atomic mass is 9.96. The lowest BCUT2D eigenvalue weighted by Crippen LogP contribution is -2.48. The molecule has 2 aliphatic rings. The maximum absolute atomic E-state index is 3.57. The molecule has 118 valence electrons. The summed E-state index contributed by atoms with van der Waals surface area (Å²) in [7, 11) is 0. The van der Waals surface area contributed by atoms with Gasteiger partial charge < -0.3 is 10.2 Å². The molecule has 1 N–H and O–H groups in total. The summed E-state index contributed by atoms with van der Waals surface area (Å²) in [5.74, 6) is 0.893. The van der Waals surface area contributed by atoms with Gasteiger partial charge in [0.05, 0.1) is 0 Å². The van der Waals surface area contributed by atoms with Crippen LogP contribution in [0.15, 0.2) is 0 Å². The summed E-state index contributed by atoms with van der Waals surface area (Å²) in [5, 5.41) is 3.57. The van der Waals surface area contributed by atoms with Crippen molar-refractivity contribution in [2.75, 3.05) is 45.8 Å². The van der Waals surface area contributed by atoms with Crippen LogP contribution in [0.3, 0.4) is 0 Å². The topological polar surface area (TPSA) is 18.5 Å². The summed E-state index contributed by atoms with van der Waals surface area (Å²) in [5.41, 5.74) is 0. The van der Waals surface area contributed by atoms with E-state index in [2.05, 4.69) is 29.0 Å². The van der Waals surface area contributed by atoms with Gasteiger partial charge in [-0.1, -0.05) is 13.8 Å². The average Bonchev–Trinajstić information content (AvgIpc) is 2.49. The molecule has 0 aliphatic carbocycles. The Morgan fingerprint density at radius 3 is 2.50 bits per heavy atom. The highest BCUT2D eigenvalue weighted by Crippen LogP contribution is 2.20. The zero-order chi connectivity index (χ0) is 14.2. The number of rotatable bonds is 7. The van der Waals surface area contributed by atoms with Crippen LogP contribution >= 0.6 is 0 Å². The fourth-order valence-corrected chi connectivity index (χ4v) is 3.95. The summed E-state index contributed by atoms with van der Waals surface area (Å²) in [6.45, 7) is 13.7. The smallest absolute Gasteiger partial charge is 0.0120 e. The van der Waals surface area contributed by atoms with Gasteiger partial charge in [0.15, 0.2) is 0 Å². The summed E-state index contributed by atoms with van der Waals surface area (Å²) in [6.07, 6.45) is 8.19. The lowest BCUT2D eigenvalue weighted by Gasteiger charge is -2.40. The predicted octanol–water partition coefficient (Wildman–Crippen LogP) is 2.57. The van der Waals surface area contributed by atoms with E-state index < -0.39 is 0 Å². The maximum Gasteiger partial charge on any atom is 0.0120 e. The number of piperidine rings is 2. The molecule has 0 aromatic heterocycles. The molecule has 2 rings (SSSR count). The van der Waals surface area contributed by atoms with E-state index in [4.69, 9.17) is 0 Å². The van der Waals surface area contributed by atoms with E-state index in [0.717, 1.165) is 12.0 Å². The summed E-state index contributed by atoms with van der Waals surface area (Å²) >= 11 is 0. The predicted molar refractivity (Wildman–Crippen MR) is 87.2 cm³/mol. The second kappa shape index (κ2) is 9.01. The molecule has 1 unspecified atom stereocenters. The molecule has 2 fully saturated rings. The highest BCUT2D eigenvalue weighted by atomic mass is 15.2. The molecule has 1 atom stereocenters. The van der Waals surface area contributed by atoms with Gasteiger partial charge in [-0.3, -0.25) is 4.90 Å². The molecule has 0 amide bonds. The fraction of sp³-hybridized carbons (Fsp3) is 1.00. The van der Waals surface area contributed by atoms with E-state index in [1.165, 1.54) is 84.3 Å². The second-order valence-corrected chi connectivity index (χ2v) is 6.78. The summed E-state index contributed by atoms with van der Waals surface area (Å²) < 4.78 is 0. The number of nitrogens with zero attached hydrogens (tertiary/aromatic N) is 2. The molecule has 0 radical (unpaired) electrons. The van der Waals surface area contributed by atoms with Crippen LogP contribution in [0.1, 0.15) is 52.4 Å². The molecule has 0 spiro atoms. The third-order valence-electron chi connectivity index (χ3n) is 5.02. The van der Waals surface area contributed by atoms with Crippen LogP contribution in [0.25, 0.3) is 0 Å². The third kappa shape index (κ3) is 5.01. The van der Waals surface area contributed by atoms with Crippen molar-refractivity contribution in [2.45, 2.75) is 58.4 Å². The SMILES string of the molecule is CCCN1CCC(N(CCC)CC2CCCNC2)CC1. The number of nitrogens with one attached hydrogen (secondary N) is 1. The molecular weight excluding hydrogens is 246 g/mol. The number of hydrogen-bond acceptors (Lipinski definition) is 3. The molecule has 20 heavy (non-hydrogen) atoms. The molecule has 2 saturated heterocycles. The molecule has 0 aromatic rings. The Bertz CT molecular complexity index is 243. The minimum atomic E-state index is 0.852. The van der Waals surface area contributed by atoms with Crippen LogP contribution in [-0.4, -0.2) is 61.7 Å². The van der Waals surface area contributed by atoms with Gasteiger partial charge in [0, 0.05) is 12.6 Å². The Balaban J connectivity index is 1.78. The number of likely N-dealkylation sites (tertiary alicyclic amines) is 1. The number of hydrogen-bond donors (Lipinski definition) is 1. The lowest BCUT2D eigenvalue weighted by molar-refractivity contribution is 0.0898. The first-order valence-corrected chi connectivity index (χ1v) is 9.00. The van der Waals surface area contributed by atoms with Crippen LogP contribution in [0.4, 0.5) is 0 Å². The molecule has 3 heteroatoms. The van der Waals surface area contributed by atoms with E-state index in [1.54, 1.807) is 0 Å². The quantitative estimate of drug-likeness (QED) is 0.774. The average molecular weight is 281 g/mol. The Labute approximate surface area is 126 Å². The first kappa shape index (κ1) is 16.3. The van der Waals surface area contributed by atoms with Gasteiger partial charge in [-0.15, -0.1) is 0 Å². The molecule has 0 bridgehead atoms. The van der Waals surface area contributed by atoms with Crippen molar-refractivity contribution < 1.29 is 0 Å². The van der Waals surface area contributed by atoms with Crippen molar-refractivity contribution in [1.82, 2.24) is 15.1 Å². The van der Waals surface area contributed by atoms with E-state index in [1.807, 2.05) is 0 Å². The first-order chi connectivity index (χ1) is 9.83. The van der Waals surface area contributed by atoms with Crippen LogP contribution in [0.2, 0.25) is 0 Å². The zero-order valence-electron chi connectivity index (χ0n) is 13.7. The minimum Gasteiger partial charge on any atom is -0.316 e. The van der Waals surface area contributed by atoms with Gasteiger partial charge in [-0.2, -0.15) is 0 Å². The Hall–Kier alpha value is -0.120. The van der Waals surface area contributed by atoms with Gasteiger partial charge in [-0.25, -0.2) is 0 Å². The normalized spacial score (nSPS) is 26.2. The van der Waals surface area contributed by atoms with Crippen LogP contribution < -0.4 is 5.32 Å². The zero-order valence-corrected chi connectivity index (χ0v) is 13.7. The maximum atomic E-state index is 3.57. The largest absolute Gasteiger partial charge is 0.316 e. The summed E-state index contributed by atoms with van der Waals surface area (Å²) in [4.78, 5) is 5.48. The highest BCUT2D eigenvalue weighted by molar-refractivity contribution is 4.82. The fourth-order valence-electron chi connectivity index (χ4n) is 3.95. The molecule has 0 aromatic carbocycles. The molecular formula is C17H35N3. The van der Waals surface area contributed by atoms with Gasteiger partial charge in [0.1, 0.15) is 0 Å². The van der Waals surface area contributed by atoms with Crippen LogP contribution in [0.5, 0.6) is 0 Å². The van der Waals surface area contributed by atoms with Crippen LogP contribution in [0, 0.1) is 5.92 Å². The monoisotopic (exact) mass is 281 g/mol. The van der Waals surface area contributed by atoms with Crippen molar-refractivity contribution in [3.63, 3.8) is 0 Å². The van der Waals surface area contributed by atoms with Crippen molar-refractivity contribution in [2.24, 2.45) is 5.92 Å². The van der Waals surface area contributed by atoms with Crippen molar-refractivity contribution in [1.29, 1.82) is 0 Å². The van der Waals surface area contributed by atoms with Gasteiger partial charge in [0.25, 0.3) is 0 Å². The van der Waals surface area contributed by atoms with Crippen LogP contribution in [-0.2, 0) is 0 Å². The first-order valence-electron chi connectivity index (χ1n) is 9.00. The highest BCUT2D eigenvalue weighted by Gasteiger charge is 2.26. The molecule has 2 aliphatic heterocycles. The Kier molecular flexibility index (Phi) is 7.32. The van der Waals surface area contributed by atoms with E-state index >= 15 is 0 Å².